The Morgan fingerprint density at radius 3 is 2.00 bits per heavy atom. The first-order chi connectivity index (χ1) is 8.82. The van der Waals surface area contributed by atoms with Crippen LogP contribution in [0.3, 0.4) is 0 Å². The van der Waals surface area contributed by atoms with Gasteiger partial charge in [0.25, 0.3) is 0 Å². The average Bonchev–Trinajstić information content (AvgIpc) is 2.28. The summed E-state index contributed by atoms with van der Waals surface area (Å²) in [5.74, 6) is -2.00. The van der Waals surface area contributed by atoms with E-state index in [9.17, 15) is 9.59 Å². The van der Waals surface area contributed by atoms with E-state index in [2.05, 4.69) is 0 Å². The molecule has 0 amide bonds. The molecule has 1 aromatic rings. The summed E-state index contributed by atoms with van der Waals surface area (Å²) < 4.78 is 0. The maximum atomic E-state index is 10.2. The van der Waals surface area contributed by atoms with E-state index in [-0.39, 0.29) is 17.9 Å². The number of phenols is 2. The van der Waals surface area contributed by atoms with Gasteiger partial charge in [0.1, 0.15) is 11.5 Å². The van der Waals surface area contributed by atoms with Crippen molar-refractivity contribution in [2.75, 3.05) is 0 Å². The fourth-order valence-corrected chi connectivity index (χ4v) is 1.18. The molecule has 0 bridgehead atoms. The second kappa shape index (κ2) is 8.79. The van der Waals surface area contributed by atoms with Gasteiger partial charge in [-0.25, -0.2) is 0 Å². The van der Waals surface area contributed by atoms with Gasteiger partial charge in [-0.15, -0.1) is 0 Å². The fourth-order valence-electron chi connectivity index (χ4n) is 1.18. The molecular weight excluding hydrogens is 252 g/mol. The number of benzene rings is 1. The lowest BCUT2D eigenvalue weighted by Crippen LogP contribution is -2.09. The highest BCUT2D eigenvalue weighted by molar-refractivity contribution is 5.69. The molecule has 0 saturated heterocycles. The van der Waals surface area contributed by atoms with Gasteiger partial charge < -0.3 is 20.4 Å². The summed E-state index contributed by atoms with van der Waals surface area (Å²) in [4.78, 5) is 20.2. The van der Waals surface area contributed by atoms with Crippen LogP contribution in [0.2, 0.25) is 0 Å². The summed E-state index contributed by atoms with van der Waals surface area (Å²) in [6.07, 6.45) is 0.919. The Labute approximate surface area is 110 Å². The van der Waals surface area contributed by atoms with Crippen molar-refractivity contribution in [2.24, 2.45) is 5.92 Å². The first kappa shape index (κ1) is 16.8. The quantitative estimate of drug-likeness (QED) is 0.651. The maximum absolute atomic E-state index is 10.2. The summed E-state index contributed by atoms with van der Waals surface area (Å²) in [6.45, 7) is 1.57. The number of hydrogen-bond donors (Lipinski definition) is 4. The fraction of sp³-hybridized carbons (Fsp3) is 0.385. The summed E-state index contributed by atoms with van der Waals surface area (Å²) in [5, 5.41) is 33.9. The lowest BCUT2D eigenvalue weighted by Gasteiger charge is -2.02. The number of carboxylic acids is 2. The molecule has 0 heterocycles. The Bertz CT molecular complexity index is 398. The molecule has 6 nitrogen and oxygen atoms in total. The Morgan fingerprint density at radius 2 is 1.68 bits per heavy atom. The minimum atomic E-state index is -0.873. The molecule has 0 aliphatic rings. The van der Waals surface area contributed by atoms with E-state index in [4.69, 9.17) is 20.4 Å². The van der Waals surface area contributed by atoms with E-state index in [1.807, 2.05) is 0 Å². The molecule has 0 saturated carbocycles. The van der Waals surface area contributed by atoms with Crippen molar-refractivity contribution < 1.29 is 30.0 Å². The smallest absolute Gasteiger partial charge is 0.306 e. The third-order valence-electron chi connectivity index (χ3n) is 2.28. The number of hydrogen-bond acceptors (Lipinski definition) is 4. The Morgan fingerprint density at radius 1 is 1.16 bits per heavy atom. The normalized spacial score (nSPS) is 11.0. The lowest BCUT2D eigenvalue weighted by molar-refractivity contribution is -0.142. The van der Waals surface area contributed by atoms with E-state index < -0.39 is 17.9 Å². The van der Waals surface area contributed by atoms with Crippen LogP contribution in [0.25, 0.3) is 0 Å². The van der Waals surface area contributed by atoms with Crippen LogP contribution < -0.4 is 0 Å². The molecule has 1 aromatic carbocycles. The van der Waals surface area contributed by atoms with Crippen molar-refractivity contribution in [1.82, 2.24) is 0 Å². The molecule has 19 heavy (non-hydrogen) atoms. The summed E-state index contributed by atoms with van der Waals surface area (Å²) in [7, 11) is 0. The molecule has 6 heteroatoms. The number of rotatable bonds is 5. The predicted octanol–water partition coefficient (Wildman–Crippen LogP) is 2.06. The van der Waals surface area contributed by atoms with Crippen molar-refractivity contribution in [3.05, 3.63) is 24.3 Å². The number of aliphatic carboxylic acids is 2. The van der Waals surface area contributed by atoms with Crippen molar-refractivity contribution >= 4 is 11.9 Å². The molecule has 0 aliphatic heterocycles. The molecule has 0 aromatic heterocycles. The zero-order valence-corrected chi connectivity index (χ0v) is 10.6. The number of carbonyl (C=O) groups is 2. The lowest BCUT2D eigenvalue weighted by atomic mass is 10.1. The van der Waals surface area contributed by atoms with Gasteiger partial charge in [0.05, 0.1) is 5.92 Å². The Balaban J connectivity index is 0.000000356. The number of aromatic hydroxyl groups is 2. The average molecular weight is 270 g/mol. The highest BCUT2D eigenvalue weighted by Crippen LogP contribution is 2.14. The van der Waals surface area contributed by atoms with Crippen LogP contribution in [0.4, 0.5) is 0 Å². The second-order valence-corrected chi connectivity index (χ2v) is 4.05. The second-order valence-electron chi connectivity index (χ2n) is 4.05. The van der Waals surface area contributed by atoms with Gasteiger partial charge in [0.2, 0.25) is 0 Å². The van der Waals surface area contributed by atoms with Gasteiger partial charge >= 0.3 is 11.9 Å². The van der Waals surface area contributed by atoms with Crippen LogP contribution in [-0.2, 0) is 9.59 Å². The minimum Gasteiger partial charge on any atom is -0.508 e. The zero-order chi connectivity index (χ0) is 14.8. The van der Waals surface area contributed by atoms with Gasteiger partial charge in [0.15, 0.2) is 0 Å². The third-order valence-corrected chi connectivity index (χ3v) is 2.28. The predicted molar refractivity (Wildman–Crippen MR) is 68.1 cm³/mol. The van der Waals surface area contributed by atoms with Crippen molar-refractivity contribution in [3.63, 3.8) is 0 Å². The number of carboxylic acid groups (broad SMARTS) is 2. The van der Waals surface area contributed by atoms with Crippen molar-refractivity contribution in [2.45, 2.75) is 26.2 Å². The van der Waals surface area contributed by atoms with Gasteiger partial charge in [-0.1, -0.05) is 13.0 Å². The monoisotopic (exact) mass is 270 g/mol. The van der Waals surface area contributed by atoms with E-state index in [0.29, 0.717) is 12.8 Å². The SMILES string of the molecule is CC(CCCC(=O)O)C(=O)O.Oc1cccc(O)c1. The largest absolute Gasteiger partial charge is 0.508 e. The van der Waals surface area contributed by atoms with E-state index in [0.717, 1.165) is 0 Å². The summed E-state index contributed by atoms with van der Waals surface area (Å²) in [6, 6.07) is 5.85. The number of phenolic OH excluding ortho intramolecular Hbond substituents is 2. The minimum absolute atomic E-state index is 0.0532. The van der Waals surface area contributed by atoms with E-state index in [1.54, 1.807) is 13.0 Å². The molecule has 106 valence electrons. The molecule has 0 radical (unpaired) electrons. The standard InChI is InChI=1S/C7H12O4.C6H6O2/c1-5(7(10)11)3-2-4-6(8)9;7-5-2-1-3-6(8)4-5/h5H,2-4H2,1H3,(H,8,9)(H,10,11);1-4,7-8H. The molecule has 1 atom stereocenters. The zero-order valence-electron chi connectivity index (χ0n) is 10.6. The molecule has 0 fully saturated rings. The van der Waals surface area contributed by atoms with E-state index >= 15 is 0 Å². The Kier molecular flexibility index (Phi) is 7.76. The maximum Gasteiger partial charge on any atom is 0.306 e. The summed E-state index contributed by atoms with van der Waals surface area (Å²) >= 11 is 0. The van der Waals surface area contributed by atoms with Gasteiger partial charge in [0, 0.05) is 12.5 Å². The highest BCUT2D eigenvalue weighted by atomic mass is 16.4. The van der Waals surface area contributed by atoms with Gasteiger partial charge in [-0.2, -0.15) is 0 Å². The van der Waals surface area contributed by atoms with Crippen molar-refractivity contribution in [1.29, 1.82) is 0 Å². The molecule has 1 unspecified atom stereocenters. The highest BCUT2D eigenvalue weighted by Gasteiger charge is 2.10. The van der Waals surface area contributed by atoms with Crippen LogP contribution in [0.15, 0.2) is 24.3 Å². The van der Waals surface area contributed by atoms with E-state index in [1.165, 1.54) is 18.2 Å². The molecule has 4 N–H and O–H groups in total. The van der Waals surface area contributed by atoms with Crippen molar-refractivity contribution in [3.8, 4) is 11.5 Å². The molecule has 0 aliphatic carbocycles. The topological polar surface area (TPSA) is 115 Å². The Hall–Kier alpha value is -2.24. The third kappa shape index (κ3) is 9.46. The molecular formula is C13H18O6. The molecule has 0 spiro atoms. The van der Waals surface area contributed by atoms with Crippen LogP contribution in [-0.4, -0.2) is 32.4 Å². The first-order valence-electron chi connectivity index (χ1n) is 5.75. The van der Waals surface area contributed by atoms with Gasteiger partial charge in [-0.3, -0.25) is 9.59 Å². The van der Waals surface area contributed by atoms with Crippen LogP contribution in [0.1, 0.15) is 26.2 Å². The summed E-state index contributed by atoms with van der Waals surface area (Å²) in [5.41, 5.74) is 0. The molecule has 1 rings (SSSR count). The van der Waals surface area contributed by atoms with Crippen LogP contribution in [0.5, 0.6) is 11.5 Å². The van der Waals surface area contributed by atoms with Gasteiger partial charge in [-0.05, 0) is 25.0 Å². The van der Waals surface area contributed by atoms with Crippen LogP contribution in [0, 0.1) is 5.92 Å². The van der Waals surface area contributed by atoms with Crippen LogP contribution >= 0.6 is 0 Å². The first-order valence-corrected chi connectivity index (χ1v) is 5.75.